The monoisotopic (exact) mass is 528 g/mol. The highest BCUT2D eigenvalue weighted by Gasteiger charge is 2.40. The van der Waals surface area contributed by atoms with Crippen molar-refractivity contribution in [3.63, 3.8) is 0 Å². The fourth-order valence-electron chi connectivity index (χ4n) is 4.17. The van der Waals surface area contributed by atoms with Crippen LogP contribution in [0.4, 0.5) is 13.6 Å². The van der Waals surface area contributed by atoms with E-state index in [2.05, 4.69) is 20.6 Å². The van der Waals surface area contributed by atoms with Gasteiger partial charge in [-0.25, -0.2) is 4.79 Å². The lowest BCUT2D eigenvalue weighted by molar-refractivity contribution is -0.0929. The Bertz CT molecular complexity index is 1130. The summed E-state index contributed by atoms with van der Waals surface area (Å²) >= 11 is 1.68. The first-order chi connectivity index (χ1) is 17.9. The number of carbonyl (C=O) groups excluding carboxylic acids is 1. The molecule has 8 nitrogen and oxygen atoms in total. The van der Waals surface area contributed by atoms with Gasteiger partial charge in [0, 0.05) is 25.2 Å². The number of aromatic amines is 1. The average molecular weight is 529 g/mol. The van der Waals surface area contributed by atoms with Crippen LogP contribution in [0.2, 0.25) is 0 Å². The number of aromatic nitrogens is 4. The van der Waals surface area contributed by atoms with Gasteiger partial charge in [-0.1, -0.05) is 78.0 Å². The van der Waals surface area contributed by atoms with Gasteiger partial charge in [0.05, 0.1) is 11.8 Å². The molecular formula is C26H30F2N6O2S. The fraction of sp³-hybridized carbons (Fsp3) is 0.385. The van der Waals surface area contributed by atoms with Crippen LogP contribution in [0.3, 0.4) is 0 Å². The fourth-order valence-corrected chi connectivity index (χ4v) is 5.02. The van der Waals surface area contributed by atoms with Crippen molar-refractivity contribution in [1.82, 2.24) is 30.4 Å². The van der Waals surface area contributed by atoms with Gasteiger partial charge >= 0.3 is 12.0 Å². The van der Waals surface area contributed by atoms with E-state index in [4.69, 9.17) is 0 Å². The molecule has 196 valence electrons. The highest BCUT2D eigenvalue weighted by atomic mass is 32.2. The van der Waals surface area contributed by atoms with Crippen molar-refractivity contribution >= 4 is 17.8 Å². The number of nitrogens with zero attached hydrogens (tertiary/aromatic N) is 5. The number of benzene rings is 2. The zero-order valence-corrected chi connectivity index (χ0v) is 21.1. The molecule has 1 unspecified atom stereocenters. The van der Waals surface area contributed by atoms with Crippen molar-refractivity contribution in [3.05, 3.63) is 89.8 Å². The summed E-state index contributed by atoms with van der Waals surface area (Å²) in [6.07, 6.45) is 2.28. The van der Waals surface area contributed by atoms with Gasteiger partial charge in [0.25, 0.3) is 0 Å². The molecule has 1 aliphatic rings. The number of hydrogen-bond acceptors (Lipinski definition) is 6. The third kappa shape index (κ3) is 7.14. The van der Waals surface area contributed by atoms with E-state index in [0.717, 1.165) is 30.2 Å². The Labute approximate surface area is 218 Å². The number of urea groups is 1. The maximum atomic E-state index is 14.8. The van der Waals surface area contributed by atoms with Crippen LogP contribution in [0, 0.1) is 0 Å². The number of alkyl halides is 2. The molecule has 11 heteroatoms. The first kappa shape index (κ1) is 26.7. The summed E-state index contributed by atoms with van der Waals surface area (Å²) < 4.78 is 29.6. The minimum Gasteiger partial charge on any atom is -0.382 e. The molecule has 37 heavy (non-hydrogen) atoms. The normalized spacial score (nSPS) is 17.2. The lowest BCUT2D eigenvalue weighted by Crippen LogP contribution is -2.35. The zero-order valence-electron chi connectivity index (χ0n) is 20.3. The first-order valence-corrected chi connectivity index (χ1v) is 13.3. The summed E-state index contributed by atoms with van der Waals surface area (Å²) in [4.78, 5) is 16.7. The maximum absolute atomic E-state index is 14.8. The van der Waals surface area contributed by atoms with E-state index in [9.17, 15) is 18.7 Å². The average Bonchev–Trinajstić information content (AvgIpc) is 3.54. The molecule has 2 amide bonds. The number of halogens is 2. The van der Waals surface area contributed by atoms with Gasteiger partial charge in [0.1, 0.15) is 6.10 Å². The van der Waals surface area contributed by atoms with Gasteiger partial charge in [-0.2, -0.15) is 25.8 Å². The quantitative estimate of drug-likeness (QED) is 0.255. The molecule has 1 aromatic heterocycles. The number of H-pyrrole nitrogens is 1. The number of unbranched alkanes of at least 4 members (excludes halogenated alkanes) is 1. The molecule has 2 aromatic carbocycles. The predicted molar refractivity (Wildman–Crippen MR) is 138 cm³/mol. The number of nitrogens with one attached hydrogen (secondary N) is 1. The van der Waals surface area contributed by atoms with Crippen LogP contribution in [-0.4, -0.2) is 72.5 Å². The molecule has 3 aromatic rings. The summed E-state index contributed by atoms with van der Waals surface area (Å²) in [5, 5.41) is 24.1. The third-order valence-electron chi connectivity index (χ3n) is 6.14. The van der Waals surface area contributed by atoms with Crippen LogP contribution in [0.25, 0.3) is 0 Å². The van der Waals surface area contributed by atoms with E-state index in [-0.39, 0.29) is 11.6 Å². The second-order valence-electron chi connectivity index (χ2n) is 8.82. The smallest absolute Gasteiger partial charge is 0.320 e. The number of hydrogen-bond donors (Lipinski definition) is 2. The number of tetrazole rings is 1. The van der Waals surface area contributed by atoms with Gasteiger partial charge in [0.2, 0.25) is 0 Å². The standard InChI is InChI=1S/C26H30F2N6O2S/c27-26(28,21-11-5-2-6-12-21)23(35)14-13-22-18-33(17-20-9-3-1-4-10-20)25(36)34(22)15-7-8-16-37-19-24-29-31-32-30-24/h1-6,9-14,22-23,35H,7-8,15-19H2,(H,29,30,31,32)/t22-,23?/m0/s1. The summed E-state index contributed by atoms with van der Waals surface area (Å²) in [5.41, 5.74) is 0.740. The molecule has 2 N–H and O–H groups in total. The van der Waals surface area contributed by atoms with Crippen molar-refractivity contribution < 1.29 is 18.7 Å². The molecule has 0 aliphatic carbocycles. The van der Waals surface area contributed by atoms with Crippen molar-refractivity contribution in [1.29, 1.82) is 0 Å². The van der Waals surface area contributed by atoms with E-state index >= 15 is 0 Å². The van der Waals surface area contributed by atoms with Gasteiger partial charge in [-0.15, -0.1) is 10.2 Å². The van der Waals surface area contributed by atoms with Gasteiger partial charge in [-0.05, 0) is 24.2 Å². The van der Waals surface area contributed by atoms with Crippen molar-refractivity contribution in [2.75, 3.05) is 18.8 Å². The molecule has 2 heterocycles. The summed E-state index contributed by atoms with van der Waals surface area (Å²) in [6, 6.07) is 16.4. The number of carbonyl (C=O) groups is 1. The summed E-state index contributed by atoms with van der Waals surface area (Å²) in [6.45, 7) is 1.29. The van der Waals surface area contributed by atoms with Crippen LogP contribution in [0.15, 0.2) is 72.8 Å². The zero-order chi connectivity index (χ0) is 26.1. The van der Waals surface area contributed by atoms with Crippen LogP contribution < -0.4 is 0 Å². The van der Waals surface area contributed by atoms with Crippen molar-refractivity contribution in [2.45, 2.75) is 43.2 Å². The molecule has 4 rings (SSSR count). The number of amides is 2. The molecule has 0 bridgehead atoms. The maximum Gasteiger partial charge on any atom is 0.320 e. The molecule has 0 radical (unpaired) electrons. The van der Waals surface area contributed by atoms with Crippen molar-refractivity contribution in [3.8, 4) is 0 Å². The largest absolute Gasteiger partial charge is 0.382 e. The molecule has 1 fully saturated rings. The molecular weight excluding hydrogens is 498 g/mol. The highest BCUT2D eigenvalue weighted by molar-refractivity contribution is 7.98. The first-order valence-electron chi connectivity index (χ1n) is 12.1. The number of rotatable bonds is 13. The topological polar surface area (TPSA) is 98.2 Å². The van der Waals surface area contributed by atoms with Crippen LogP contribution in [-0.2, 0) is 18.2 Å². The lowest BCUT2D eigenvalue weighted by Gasteiger charge is -2.23. The second-order valence-corrected chi connectivity index (χ2v) is 9.92. The van der Waals surface area contributed by atoms with Crippen LogP contribution >= 0.6 is 11.8 Å². The minimum absolute atomic E-state index is 0.137. The van der Waals surface area contributed by atoms with E-state index in [1.165, 1.54) is 30.3 Å². The minimum atomic E-state index is -3.44. The molecule has 2 atom stereocenters. The van der Waals surface area contributed by atoms with Crippen LogP contribution in [0.1, 0.15) is 29.8 Å². The predicted octanol–water partition coefficient (Wildman–Crippen LogP) is 4.23. The number of thioether (sulfide) groups is 1. The van der Waals surface area contributed by atoms with E-state index in [0.29, 0.717) is 31.2 Å². The number of aliphatic hydroxyl groups excluding tert-OH is 1. The lowest BCUT2D eigenvalue weighted by atomic mass is 10.0. The van der Waals surface area contributed by atoms with Gasteiger partial charge in [-0.3, -0.25) is 0 Å². The van der Waals surface area contributed by atoms with Crippen LogP contribution in [0.5, 0.6) is 0 Å². The Morgan fingerprint density at radius 1 is 1.14 bits per heavy atom. The van der Waals surface area contributed by atoms with E-state index in [1.54, 1.807) is 27.6 Å². The number of aliphatic hydroxyl groups is 1. The van der Waals surface area contributed by atoms with Gasteiger partial charge < -0.3 is 14.9 Å². The Morgan fingerprint density at radius 3 is 2.57 bits per heavy atom. The Morgan fingerprint density at radius 2 is 1.86 bits per heavy atom. The molecule has 0 saturated carbocycles. The second kappa shape index (κ2) is 12.8. The molecule has 1 aliphatic heterocycles. The van der Waals surface area contributed by atoms with Gasteiger partial charge in [0.15, 0.2) is 5.82 Å². The Hall–Kier alpha value is -3.31. The highest BCUT2D eigenvalue weighted by Crippen LogP contribution is 2.32. The van der Waals surface area contributed by atoms with E-state index < -0.39 is 18.1 Å². The Kier molecular flexibility index (Phi) is 9.24. The summed E-state index contributed by atoms with van der Waals surface area (Å²) in [7, 11) is 0. The van der Waals surface area contributed by atoms with Crippen molar-refractivity contribution in [2.24, 2.45) is 0 Å². The van der Waals surface area contributed by atoms with E-state index in [1.807, 2.05) is 30.3 Å². The molecule has 0 spiro atoms. The molecule has 1 saturated heterocycles. The SMILES string of the molecule is O=C1N(Cc2ccccc2)C[C@H](C=CC(O)C(F)(F)c2ccccc2)N1CCCCSCc1nn[nH]n1. The summed E-state index contributed by atoms with van der Waals surface area (Å²) in [5.74, 6) is -1.27. The Balaban J connectivity index is 1.38. The third-order valence-corrected chi connectivity index (χ3v) is 7.18.